The Kier molecular flexibility index (Phi) is 9.11. The van der Waals surface area contributed by atoms with E-state index in [-0.39, 0.29) is 39.9 Å². The number of benzene rings is 1. The van der Waals surface area contributed by atoms with Crippen LogP contribution in [0, 0.1) is 5.82 Å². The molecule has 1 aliphatic heterocycles. The number of methoxy groups -OCH3 is 1. The summed E-state index contributed by atoms with van der Waals surface area (Å²) in [6, 6.07) is 2.08. The maximum Gasteiger partial charge on any atom is 0.268 e. The van der Waals surface area contributed by atoms with E-state index in [1.165, 1.54) is 30.7 Å². The molecule has 1 aromatic heterocycles. The number of halogens is 2. The maximum atomic E-state index is 15.0. The highest BCUT2D eigenvalue weighted by Gasteiger charge is 2.36. The Hall–Kier alpha value is -2.78. The Morgan fingerprint density at radius 2 is 1.95 bits per heavy atom. The standard InChI is InChI=1S/C24H33ClFN7O5S/c1-31-8-10-33(11-9-31)30-22(34)15-12-21(37-3)18(13-17(15)26)28-24-27-14-16(25)23(29-24)38-20-7-5-6-19(20)32(2)39(4,35)36/h12-14,19-20H,5-11H2,1-4H3,(H,30,34)(H,27,28,29)/t19-,20-/m1/s1. The highest BCUT2D eigenvalue weighted by Crippen LogP contribution is 2.34. The number of hydrogen-bond acceptors (Lipinski definition) is 10. The Morgan fingerprint density at radius 1 is 1.23 bits per heavy atom. The van der Waals surface area contributed by atoms with E-state index >= 15 is 4.39 Å². The first kappa shape index (κ1) is 29.2. The SMILES string of the molecule is COc1cc(C(=O)NN2CCN(C)CC2)c(F)cc1Nc1ncc(Cl)c(O[C@@H]2CCC[C@H]2N(C)S(C)(=O)=O)n1. The second-order valence-electron chi connectivity index (χ2n) is 9.67. The second-order valence-corrected chi connectivity index (χ2v) is 12.1. The molecule has 2 aromatic rings. The van der Waals surface area contributed by atoms with E-state index in [4.69, 9.17) is 21.1 Å². The predicted molar refractivity (Wildman–Crippen MR) is 144 cm³/mol. The van der Waals surface area contributed by atoms with Crippen LogP contribution in [0.4, 0.5) is 16.0 Å². The van der Waals surface area contributed by atoms with Crippen LogP contribution in [-0.2, 0) is 10.0 Å². The Labute approximate surface area is 232 Å². The number of nitrogens with zero attached hydrogens (tertiary/aromatic N) is 5. The van der Waals surface area contributed by atoms with Crippen LogP contribution in [0.3, 0.4) is 0 Å². The molecule has 2 heterocycles. The minimum absolute atomic E-state index is 0.0488. The van der Waals surface area contributed by atoms with Crippen molar-refractivity contribution in [2.75, 3.05) is 59.0 Å². The van der Waals surface area contributed by atoms with Crippen LogP contribution < -0.4 is 20.2 Å². The van der Waals surface area contributed by atoms with Crippen molar-refractivity contribution in [2.24, 2.45) is 0 Å². The zero-order valence-electron chi connectivity index (χ0n) is 22.3. The zero-order valence-corrected chi connectivity index (χ0v) is 23.9. The summed E-state index contributed by atoms with van der Waals surface area (Å²) in [6.45, 7) is 2.84. The topological polar surface area (TPSA) is 129 Å². The molecule has 0 bridgehead atoms. The van der Waals surface area contributed by atoms with Gasteiger partial charge >= 0.3 is 0 Å². The fourth-order valence-corrected chi connectivity index (χ4v) is 5.45. The van der Waals surface area contributed by atoms with Crippen LogP contribution in [0.15, 0.2) is 18.3 Å². The summed E-state index contributed by atoms with van der Waals surface area (Å²) >= 11 is 6.28. The largest absolute Gasteiger partial charge is 0.495 e. The van der Waals surface area contributed by atoms with Gasteiger partial charge in [0.25, 0.3) is 5.91 Å². The van der Waals surface area contributed by atoms with Crippen molar-refractivity contribution < 1.29 is 27.1 Å². The third-order valence-electron chi connectivity index (χ3n) is 6.93. The van der Waals surface area contributed by atoms with Gasteiger partial charge in [0.05, 0.1) is 36.9 Å². The van der Waals surface area contributed by atoms with Gasteiger partial charge in [-0.05, 0) is 32.4 Å². The fourth-order valence-electron chi connectivity index (χ4n) is 4.58. The molecule has 15 heteroatoms. The number of hydrogen-bond donors (Lipinski definition) is 2. The van der Waals surface area contributed by atoms with Gasteiger partial charge in [0.1, 0.15) is 22.7 Å². The van der Waals surface area contributed by atoms with Crippen LogP contribution in [0.5, 0.6) is 11.6 Å². The summed E-state index contributed by atoms with van der Waals surface area (Å²) in [5.74, 6) is -1.02. The molecule has 0 radical (unpaired) electrons. The number of likely N-dealkylation sites (N-methyl/N-ethyl adjacent to an activating group) is 2. The maximum absolute atomic E-state index is 15.0. The molecular weight excluding hydrogens is 553 g/mol. The van der Waals surface area contributed by atoms with Crippen molar-refractivity contribution in [2.45, 2.75) is 31.4 Å². The average Bonchev–Trinajstić information content (AvgIpc) is 3.34. The number of sulfonamides is 1. The molecule has 1 amide bonds. The zero-order chi connectivity index (χ0) is 28.3. The van der Waals surface area contributed by atoms with E-state index in [1.54, 1.807) is 5.01 Å². The van der Waals surface area contributed by atoms with Crippen molar-refractivity contribution in [3.8, 4) is 11.6 Å². The molecule has 0 unspecified atom stereocenters. The van der Waals surface area contributed by atoms with Crippen LogP contribution in [0.25, 0.3) is 0 Å². The molecule has 2 atom stereocenters. The van der Waals surface area contributed by atoms with Gasteiger partial charge in [-0.3, -0.25) is 10.2 Å². The van der Waals surface area contributed by atoms with Gasteiger partial charge < -0.3 is 19.7 Å². The highest BCUT2D eigenvalue weighted by atomic mass is 35.5. The molecule has 2 fully saturated rings. The molecule has 39 heavy (non-hydrogen) atoms. The molecule has 1 aromatic carbocycles. The molecular formula is C24H33ClFN7O5S. The first-order chi connectivity index (χ1) is 18.5. The molecule has 2 aliphatic rings. The van der Waals surface area contributed by atoms with Gasteiger partial charge in [-0.25, -0.2) is 22.8 Å². The lowest BCUT2D eigenvalue weighted by Gasteiger charge is -2.32. The van der Waals surface area contributed by atoms with Gasteiger partial charge in [0, 0.05) is 39.3 Å². The number of anilines is 2. The molecule has 4 rings (SSSR count). The van der Waals surface area contributed by atoms with E-state index in [0.29, 0.717) is 25.9 Å². The highest BCUT2D eigenvalue weighted by molar-refractivity contribution is 7.88. The molecule has 0 spiro atoms. The van der Waals surface area contributed by atoms with Crippen molar-refractivity contribution in [3.63, 3.8) is 0 Å². The number of hydrazine groups is 1. The molecule has 1 aliphatic carbocycles. The van der Waals surface area contributed by atoms with E-state index in [1.807, 2.05) is 7.05 Å². The average molecular weight is 586 g/mol. The summed E-state index contributed by atoms with van der Waals surface area (Å²) in [7, 11) is 1.51. The Bertz CT molecular complexity index is 1310. The summed E-state index contributed by atoms with van der Waals surface area (Å²) in [4.78, 5) is 23.4. The Balaban J connectivity index is 1.50. The van der Waals surface area contributed by atoms with E-state index < -0.39 is 27.9 Å². The van der Waals surface area contributed by atoms with Gasteiger partial charge in [0.15, 0.2) is 0 Å². The molecule has 1 saturated heterocycles. The fraction of sp³-hybridized carbons (Fsp3) is 0.542. The third kappa shape index (κ3) is 7.06. The molecule has 12 nitrogen and oxygen atoms in total. The smallest absolute Gasteiger partial charge is 0.268 e. The summed E-state index contributed by atoms with van der Waals surface area (Å²) < 4.78 is 51.9. The van der Waals surface area contributed by atoms with Crippen LogP contribution in [-0.4, -0.2) is 104 Å². The van der Waals surface area contributed by atoms with E-state index in [9.17, 15) is 13.2 Å². The quantitative estimate of drug-likeness (QED) is 0.451. The lowest BCUT2D eigenvalue weighted by molar-refractivity contribution is 0.0658. The van der Waals surface area contributed by atoms with Crippen LogP contribution >= 0.6 is 11.6 Å². The van der Waals surface area contributed by atoms with Crippen molar-refractivity contribution in [1.29, 1.82) is 0 Å². The van der Waals surface area contributed by atoms with Crippen LogP contribution in [0.2, 0.25) is 5.02 Å². The van der Waals surface area contributed by atoms with Crippen LogP contribution in [0.1, 0.15) is 29.6 Å². The number of carbonyl (C=O) groups is 1. The van der Waals surface area contributed by atoms with Crippen molar-refractivity contribution in [3.05, 3.63) is 34.7 Å². The Morgan fingerprint density at radius 3 is 2.62 bits per heavy atom. The number of rotatable bonds is 9. The van der Waals surface area contributed by atoms with Crippen molar-refractivity contribution in [1.82, 2.24) is 29.6 Å². The number of nitrogens with one attached hydrogen (secondary N) is 2. The van der Waals surface area contributed by atoms with E-state index in [2.05, 4.69) is 25.6 Å². The number of ether oxygens (including phenoxy) is 2. The lowest BCUT2D eigenvalue weighted by atomic mass is 10.1. The lowest BCUT2D eigenvalue weighted by Crippen LogP contribution is -2.52. The monoisotopic (exact) mass is 585 g/mol. The van der Waals surface area contributed by atoms with Gasteiger partial charge in [-0.1, -0.05) is 11.6 Å². The summed E-state index contributed by atoms with van der Waals surface area (Å²) in [5.41, 5.74) is 2.76. The second kappa shape index (κ2) is 12.2. The normalized spacial score (nSPS) is 20.7. The molecule has 2 N–H and O–H groups in total. The predicted octanol–water partition coefficient (Wildman–Crippen LogP) is 2.10. The molecule has 214 valence electrons. The van der Waals surface area contributed by atoms with Gasteiger partial charge in [0.2, 0.25) is 21.9 Å². The first-order valence-corrected chi connectivity index (χ1v) is 14.7. The minimum atomic E-state index is -3.41. The number of amides is 1. The minimum Gasteiger partial charge on any atom is -0.495 e. The number of aromatic nitrogens is 2. The number of carbonyl (C=O) groups excluding carboxylic acids is 1. The first-order valence-electron chi connectivity index (χ1n) is 12.5. The van der Waals surface area contributed by atoms with E-state index in [0.717, 1.165) is 31.8 Å². The van der Waals surface area contributed by atoms with Gasteiger partial charge in [-0.2, -0.15) is 9.29 Å². The van der Waals surface area contributed by atoms with Crippen molar-refractivity contribution >= 4 is 39.2 Å². The third-order valence-corrected chi connectivity index (χ3v) is 8.50. The summed E-state index contributed by atoms with van der Waals surface area (Å²) in [5, 5.41) is 4.78. The van der Waals surface area contributed by atoms with Gasteiger partial charge in [-0.15, -0.1) is 0 Å². The molecule has 1 saturated carbocycles. The number of piperazine rings is 1. The summed E-state index contributed by atoms with van der Waals surface area (Å²) in [6.07, 6.45) is 4.09.